The van der Waals surface area contributed by atoms with Crippen molar-refractivity contribution in [2.45, 2.75) is 50.7 Å². The van der Waals surface area contributed by atoms with Crippen LogP contribution in [0.4, 0.5) is 0 Å². The van der Waals surface area contributed by atoms with Gasteiger partial charge < -0.3 is 5.11 Å². The minimum atomic E-state index is -0.00900. The van der Waals surface area contributed by atoms with Gasteiger partial charge in [0.15, 0.2) is 0 Å². The Kier molecular flexibility index (Phi) is 2.57. The third-order valence-corrected chi connectivity index (χ3v) is 4.67. The second-order valence-electron chi connectivity index (χ2n) is 5.50. The predicted octanol–water partition coefficient (Wildman–Crippen LogP) is 1.87. The smallest absolute Gasteiger partial charge is 0.0890 e. The maximum atomic E-state index is 9.84. The second kappa shape index (κ2) is 3.83. The summed E-state index contributed by atoms with van der Waals surface area (Å²) < 4.78 is 0. The van der Waals surface area contributed by atoms with Crippen LogP contribution in [0.3, 0.4) is 0 Å². The van der Waals surface area contributed by atoms with Crippen LogP contribution in [0.5, 0.6) is 0 Å². The van der Waals surface area contributed by atoms with E-state index in [9.17, 15) is 5.11 Å². The van der Waals surface area contributed by atoms with Crippen molar-refractivity contribution in [2.75, 3.05) is 13.7 Å². The lowest BCUT2D eigenvalue weighted by Gasteiger charge is -2.33. The Morgan fingerprint density at radius 2 is 2.44 bits per heavy atom. The van der Waals surface area contributed by atoms with E-state index in [1.807, 2.05) is 12.1 Å². The Morgan fingerprint density at radius 1 is 1.56 bits per heavy atom. The average Bonchev–Trinajstić information content (AvgIpc) is 2.92. The summed E-state index contributed by atoms with van der Waals surface area (Å²) in [7, 11) is 2.03. The first-order valence-corrected chi connectivity index (χ1v) is 6.47. The number of hydroxylamine groups is 2. The summed E-state index contributed by atoms with van der Waals surface area (Å²) >= 11 is 0. The zero-order chi connectivity index (χ0) is 11.2. The third kappa shape index (κ3) is 1.31. The Hall–Kier alpha value is -0.380. The fourth-order valence-electron chi connectivity index (χ4n) is 3.97. The zero-order valence-corrected chi connectivity index (χ0v) is 9.98. The molecule has 0 bridgehead atoms. The third-order valence-electron chi connectivity index (χ3n) is 4.67. The molecule has 0 spiro atoms. The first-order valence-electron chi connectivity index (χ1n) is 6.47. The molecule has 1 aliphatic heterocycles. The maximum Gasteiger partial charge on any atom is 0.0890 e. The SMILES string of the molecule is CN1O[C@@H]2CCC[C@]2(CO)[C@H]1C1=CCCC1. The Morgan fingerprint density at radius 3 is 3.12 bits per heavy atom. The highest BCUT2D eigenvalue weighted by atomic mass is 16.7. The molecule has 90 valence electrons. The van der Waals surface area contributed by atoms with E-state index in [-0.39, 0.29) is 18.1 Å². The molecule has 1 N–H and O–H groups in total. The highest BCUT2D eigenvalue weighted by molar-refractivity contribution is 5.23. The van der Waals surface area contributed by atoms with Gasteiger partial charge in [-0.05, 0) is 38.5 Å². The fraction of sp³-hybridized carbons (Fsp3) is 0.846. The maximum absolute atomic E-state index is 9.84. The molecule has 0 aromatic carbocycles. The first-order chi connectivity index (χ1) is 7.78. The van der Waals surface area contributed by atoms with Crippen molar-refractivity contribution >= 4 is 0 Å². The second-order valence-corrected chi connectivity index (χ2v) is 5.50. The van der Waals surface area contributed by atoms with Gasteiger partial charge in [-0.25, -0.2) is 0 Å². The van der Waals surface area contributed by atoms with Crippen LogP contribution in [-0.4, -0.2) is 36.0 Å². The molecule has 3 heteroatoms. The van der Waals surface area contributed by atoms with E-state index in [2.05, 4.69) is 6.08 Å². The van der Waals surface area contributed by atoms with Crippen LogP contribution in [-0.2, 0) is 4.84 Å². The van der Waals surface area contributed by atoms with E-state index in [1.165, 1.54) is 31.3 Å². The van der Waals surface area contributed by atoms with Crippen LogP contribution >= 0.6 is 0 Å². The molecule has 0 aromatic heterocycles. The Bertz CT molecular complexity index is 315. The van der Waals surface area contributed by atoms with Crippen LogP contribution in [0.25, 0.3) is 0 Å². The van der Waals surface area contributed by atoms with Gasteiger partial charge in [0.25, 0.3) is 0 Å². The minimum absolute atomic E-state index is 0.00900. The van der Waals surface area contributed by atoms with Crippen molar-refractivity contribution in [2.24, 2.45) is 5.41 Å². The molecule has 3 aliphatic rings. The number of fused-ring (bicyclic) bond motifs is 1. The van der Waals surface area contributed by atoms with Crippen molar-refractivity contribution in [1.29, 1.82) is 0 Å². The summed E-state index contributed by atoms with van der Waals surface area (Å²) in [6.07, 6.45) is 9.68. The van der Waals surface area contributed by atoms with Crippen LogP contribution < -0.4 is 0 Å². The van der Waals surface area contributed by atoms with Crippen molar-refractivity contribution in [1.82, 2.24) is 5.06 Å². The molecular weight excluding hydrogens is 202 g/mol. The molecule has 0 radical (unpaired) electrons. The van der Waals surface area contributed by atoms with E-state index in [4.69, 9.17) is 4.84 Å². The Balaban J connectivity index is 1.94. The molecule has 1 saturated carbocycles. The number of hydrogen-bond acceptors (Lipinski definition) is 3. The summed E-state index contributed by atoms with van der Waals surface area (Å²) in [5.41, 5.74) is 1.49. The number of rotatable bonds is 2. The van der Waals surface area contributed by atoms with Gasteiger partial charge in [0.2, 0.25) is 0 Å². The largest absolute Gasteiger partial charge is 0.396 e. The topological polar surface area (TPSA) is 32.7 Å². The van der Waals surface area contributed by atoms with Gasteiger partial charge in [0.1, 0.15) is 0 Å². The van der Waals surface area contributed by atoms with Crippen LogP contribution in [0.15, 0.2) is 11.6 Å². The van der Waals surface area contributed by atoms with Crippen LogP contribution in [0.2, 0.25) is 0 Å². The average molecular weight is 223 g/mol. The van der Waals surface area contributed by atoms with Gasteiger partial charge in [0.05, 0.1) is 18.8 Å². The van der Waals surface area contributed by atoms with Crippen LogP contribution in [0, 0.1) is 5.41 Å². The van der Waals surface area contributed by atoms with E-state index in [0.29, 0.717) is 6.04 Å². The van der Waals surface area contributed by atoms with Gasteiger partial charge in [-0.2, -0.15) is 5.06 Å². The highest BCUT2D eigenvalue weighted by Crippen LogP contribution is 2.52. The van der Waals surface area contributed by atoms with Crippen molar-refractivity contribution < 1.29 is 9.94 Å². The number of hydrogen-bond donors (Lipinski definition) is 1. The lowest BCUT2D eigenvalue weighted by molar-refractivity contribution is -0.140. The molecule has 3 nitrogen and oxygen atoms in total. The molecule has 0 aromatic rings. The summed E-state index contributed by atoms with van der Waals surface area (Å²) in [5, 5.41) is 11.9. The van der Waals surface area contributed by atoms with Crippen molar-refractivity contribution in [3.8, 4) is 0 Å². The van der Waals surface area contributed by atoms with Gasteiger partial charge in [-0.15, -0.1) is 0 Å². The summed E-state index contributed by atoms with van der Waals surface area (Å²) in [6, 6.07) is 0.326. The van der Waals surface area contributed by atoms with Gasteiger partial charge in [-0.3, -0.25) is 4.84 Å². The number of likely N-dealkylation sites (N-methyl/N-ethyl adjacent to an activating group) is 1. The minimum Gasteiger partial charge on any atom is -0.396 e. The van der Waals surface area contributed by atoms with Crippen LogP contribution in [0.1, 0.15) is 38.5 Å². The monoisotopic (exact) mass is 223 g/mol. The lowest BCUT2D eigenvalue weighted by atomic mass is 9.75. The van der Waals surface area contributed by atoms with E-state index >= 15 is 0 Å². The molecule has 0 unspecified atom stereocenters. The number of nitrogens with zero attached hydrogens (tertiary/aromatic N) is 1. The fourth-order valence-corrected chi connectivity index (χ4v) is 3.97. The van der Waals surface area contributed by atoms with Crippen molar-refractivity contribution in [3.05, 3.63) is 11.6 Å². The molecule has 0 amide bonds. The number of allylic oxidation sites excluding steroid dienone is 1. The van der Waals surface area contributed by atoms with Gasteiger partial charge in [0, 0.05) is 12.5 Å². The zero-order valence-electron chi connectivity index (χ0n) is 9.98. The quantitative estimate of drug-likeness (QED) is 0.725. The molecule has 16 heavy (non-hydrogen) atoms. The Labute approximate surface area is 97.0 Å². The molecule has 2 aliphatic carbocycles. The normalized spacial score (nSPS) is 43.8. The molecular formula is C13H21NO2. The van der Waals surface area contributed by atoms with E-state index < -0.39 is 0 Å². The number of aliphatic hydroxyl groups is 1. The first kappa shape index (κ1) is 10.8. The molecule has 3 atom stereocenters. The number of aliphatic hydroxyl groups excluding tert-OH is 1. The highest BCUT2D eigenvalue weighted by Gasteiger charge is 2.57. The van der Waals surface area contributed by atoms with Gasteiger partial charge in [-0.1, -0.05) is 11.6 Å². The molecule has 2 fully saturated rings. The molecule has 1 saturated heterocycles. The summed E-state index contributed by atoms with van der Waals surface area (Å²) in [6.45, 7) is 0.268. The molecule has 3 rings (SSSR count). The van der Waals surface area contributed by atoms with Crippen molar-refractivity contribution in [3.63, 3.8) is 0 Å². The standard InChI is InChI=1S/C13H21NO2/c1-14-12(10-5-2-3-6-10)13(9-15)8-4-7-11(13)16-14/h5,11-12,15H,2-4,6-9H2,1H3/t11-,12-,13-/m1/s1. The summed E-state index contributed by atoms with van der Waals surface area (Å²) in [4.78, 5) is 5.94. The van der Waals surface area contributed by atoms with E-state index in [0.717, 1.165) is 12.8 Å². The summed E-state index contributed by atoms with van der Waals surface area (Å²) in [5.74, 6) is 0. The lowest BCUT2D eigenvalue weighted by Crippen LogP contribution is -2.43. The predicted molar refractivity (Wildman–Crippen MR) is 61.7 cm³/mol. The molecule has 1 heterocycles. The van der Waals surface area contributed by atoms with E-state index in [1.54, 1.807) is 0 Å². The van der Waals surface area contributed by atoms with Gasteiger partial charge >= 0.3 is 0 Å².